The van der Waals surface area contributed by atoms with Gasteiger partial charge in [-0.2, -0.15) is 0 Å². The predicted octanol–water partition coefficient (Wildman–Crippen LogP) is 4.91. The smallest absolute Gasteiger partial charge is 0.242 e. The van der Waals surface area contributed by atoms with E-state index in [0.717, 1.165) is 22.4 Å². The fourth-order valence-corrected chi connectivity index (χ4v) is 5.01. The van der Waals surface area contributed by atoms with Gasteiger partial charge in [0.2, 0.25) is 11.8 Å². The predicted molar refractivity (Wildman–Crippen MR) is 145 cm³/mol. The molecule has 0 saturated heterocycles. The Bertz CT molecular complexity index is 1240. The highest BCUT2D eigenvalue weighted by molar-refractivity contribution is 7.10. The average molecular weight is 504 g/mol. The van der Waals surface area contributed by atoms with Crippen LogP contribution in [0.25, 0.3) is 10.9 Å². The number of amides is 2. The number of nitrogens with zero attached hydrogens (tertiary/aromatic N) is 2. The number of nitrogens with one attached hydrogen (secondary N) is 1. The zero-order valence-electron chi connectivity index (χ0n) is 20.7. The molecule has 2 amide bonds. The van der Waals surface area contributed by atoms with Crippen molar-refractivity contribution in [1.82, 2.24) is 14.8 Å². The maximum Gasteiger partial charge on any atom is 0.242 e. The summed E-state index contributed by atoms with van der Waals surface area (Å²) in [6.45, 7) is 2.18. The van der Waals surface area contributed by atoms with Crippen molar-refractivity contribution in [2.45, 2.75) is 25.8 Å². The summed E-state index contributed by atoms with van der Waals surface area (Å²) in [5, 5.41) is 3.15. The molecule has 188 valence electrons. The highest BCUT2D eigenvalue weighted by atomic mass is 32.1. The first kappa shape index (κ1) is 25.7. The molecule has 0 bridgehead atoms. The summed E-state index contributed by atoms with van der Waals surface area (Å²) < 4.78 is 5.19. The first-order chi connectivity index (χ1) is 17.6. The van der Waals surface area contributed by atoms with E-state index >= 15 is 0 Å². The number of ether oxygens (including phenoxy) is 1. The van der Waals surface area contributed by atoms with Crippen LogP contribution in [0.15, 0.2) is 78.3 Å². The van der Waals surface area contributed by atoms with Crippen molar-refractivity contribution in [2.24, 2.45) is 0 Å². The minimum Gasteiger partial charge on any atom is -0.385 e. The van der Waals surface area contributed by atoms with E-state index in [2.05, 4.69) is 17.1 Å². The lowest BCUT2D eigenvalue weighted by molar-refractivity contribution is -0.140. The third-order valence-electron chi connectivity index (χ3n) is 6.26. The molecule has 2 heterocycles. The zero-order chi connectivity index (χ0) is 25.2. The van der Waals surface area contributed by atoms with Crippen molar-refractivity contribution in [3.63, 3.8) is 0 Å². The Balaban J connectivity index is 1.48. The summed E-state index contributed by atoms with van der Waals surface area (Å²) in [7, 11) is 1.65. The van der Waals surface area contributed by atoms with Gasteiger partial charge in [0.25, 0.3) is 0 Å². The van der Waals surface area contributed by atoms with Gasteiger partial charge >= 0.3 is 0 Å². The summed E-state index contributed by atoms with van der Waals surface area (Å²) in [5.41, 5.74) is 3.35. The van der Waals surface area contributed by atoms with Crippen LogP contribution in [-0.2, 0) is 33.7 Å². The lowest BCUT2D eigenvalue weighted by Gasteiger charge is -2.28. The minimum absolute atomic E-state index is 0.0295. The summed E-state index contributed by atoms with van der Waals surface area (Å²) in [5.74, 6) is -0.0752. The third-order valence-corrected chi connectivity index (χ3v) is 7.13. The Labute approximate surface area is 216 Å². The number of aromatic amines is 1. The molecule has 4 rings (SSSR count). The van der Waals surface area contributed by atoms with E-state index in [1.807, 2.05) is 71.1 Å². The second-order valence-corrected chi connectivity index (χ2v) is 9.86. The second kappa shape index (κ2) is 13.0. The molecular formula is C29H33N3O3S. The second-order valence-electron chi connectivity index (χ2n) is 8.83. The Morgan fingerprint density at radius 1 is 0.917 bits per heavy atom. The number of hydrogen-bond acceptors (Lipinski definition) is 4. The highest BCUT2D eigenvalue weighted by Gasteiger charge is 2.22. The van der Waals surface area contributed by atoms with Crippen LogP contribution < -0.4 is 0 Å². The summed E-state index contributed by atoms with van der Waals surface area (Å²) >= 11 is 1.56. The van der Waals surface area contributed by atoms with Gasteiger partial charge < -0.3 is 19.5 Å². The van der Waals surface area contributed by atoms with Crippen LogP contribution in [0, 0.1) is 0 Å². The van der Waals surface area contributed by atoms with E-state index in [4.69, 9.17) is 4.74 Å². The Hall–Kier alpha value is -3.42. The van der Waals surface area contributed by atoms with E-state index in [1.54, 1.807) is 23.3 Å². The molecule has 0 aliphatic carbocycles. The molecule has 7 heteroatoms. The van der Waals surface area contributed by atoms with Crippen LogP contribution >= 0.6 is 11.3 Å². The van der Waals surface area contributed by atoms with Gasteiger partial charge in [-0.05, 0) is 41.5 Å². The van der Waals surface area contributed by atoms with Crippen molar-refractivity contribution < 1.29 is 14.3 Å². The minimum atomic E-state index is -0.0457. The monoisotopic (exact) mass is 503 g/mol. The van der Waals surface area contributed by atoms with Crippen LogP contribution in [0.3, 0.4) is 0 Å². The van der Waals surface area contributed by atoms with Crippen LogP contribution in [0.4, 0.5) is 0 Å². The molecule has 0 spiro atoms. The van der Waals surface area contributed by atoms with Gasteiger partial charge in [-0.25, -0.2) is 0 Å². The van der Waals surface area contributed by atoms with Gasteiger partial charge in [-0.15, -0.1) is 11.3 Å². The molecule has 0 fully saturated rings. The number of para-hydroxylation sites is 1. The number of methoxy groups -OCH3 is 1. The molecule has 36 heavy (non-hydrogen) atoms. The fraction of sp³-hybridized carbons (Fsp3) is 0.310. The fourth-order valence-electron chi connectivity index (χ4n) is 4.32. The normalized spacial score (nSPS) is 11.0. The van der Waals surface area contributed by atoms with Gasteiger partial charge in [-0.3, -0.25) is 9.59 Å². The molecule has 4 aromatic rings. The number of fused-ring (bicyclic) bond motifs is 1. The number of thiophene rings is 1. The molecule has 2 aromatic carbocycles. The van der Waals surface area contributed by atoms with E-state index < -0.39 is 0 Å². The van der Waals surface area contributed by atoms with Gasteiger partial charge in [-0.1, -0.05) is 54.6 Å². The van der Waals surface area contributed by atoms with Crippen LogP contribution in [0.5, 0.6) is 0 Å². The van der Waals surface area contributed by atoms with Gasteiger partial charge in [0.15, 0.2) is 0 Å². The summed E-state index contributed by atoms with van der Waals surface area (Å²) in [6, 6.07) is 22.1. The lowest BCUT2D eigenvalue weighted by atomic mass is 10.1. The Kier molecular flexibility index (Phi) is 9.30. The van der Waals surface area contributed by atoms with Gasteiger partial charge in [0.1, 0.15) is 0 Å². The van der Waals surface area contributed by atoms with Gasteiger partial charge in [0, 0.05) is 55.3 Å². The van der Waals surface area contributed by atoms with Crippen molar-refractivity contribution >= 4 is 34.1 Å². The third kappa shape index (κ3) is 7.06. The van der Waals surface area contributed by atoms with E-state index in [0.29, 0.717) is 39.1 Å². The molecule has 0 aliphatic heterocycles. The Morgan fingerprint density at radius 2 is 1.72 bits per heavy atom. The van der Waals surface area contributed by atoms with Crippen LogP contribution in [0.1, 0.15) is 22.4 Å². The zero-order valence-corrected chi connectivity index (χ0v) is 21.5. The number of carbonyl (C=O) groups excluding carboxylic acids is 2. The molecule has 0 unspecified atom stereocenters. The van der Waals surface area contributed by atoms with Crippen molar-refractivity contribution in [3.05, 3.63) is 94.3 Å². The molecule has 1 N–H and O–H groups in total. The number of benzene rings is 2. The van der Waals surface area contributed by atoms with Crippen molar-refractivity contribution in [1.29, 1.82) is 0 Å². The first-order valence-electron chi connectivity index (χ1n) is 12.3. The lowest BCUT2D eigenvalue weighted by Crippen LogP contribution is -2.44. The van der Waals surface area contributed by atoms with Gasteiger partial charge in [0.05, 0.1) is 13.0 Å². The molecule has 2 aromatic heterocycles. The quantitative estimate of drug-likeness (QED) is 0.264. The molecule has 0 aliphatic rings. The first-order valence-corrected chi connectivity index (χ1v) is 13.2. The maximum atomic E-state index is 13.6. The SMILES string of the molecule is COCCCN(CC(=O)N(CCc1c[nH]c2ccccc12)Cc1ccccc1)C(=O)Cc1cccs1. The molecule has 6 nitrogen and oxygen atoms in total. The standard InChI is InChI=1S/C29H33N3O3S/c1-35-17-8-15-31(28(33)19-25-11-7-18-36-25)22-29(34)32(21-23-9-3-2-4-10-23)16-14-24-20-30-27-13-6-5-12-26(24)27/h2-7,9-13,18,20,30H,8,14-17,19,21-22H2,1H3. The topological polar surface area (TPSA) is 65.6 Å². The Morgan fingerprint density at radius 3 is 2.50 bits per heavy atom. The number of rotatable bonds is 13. The largest absolute Gasteiger partial charge is 0.385 e. The molecular weight excluding hydrogens is 470 g/mol. The molecule has 0 radical (unpaired) electrons. The van der Waals surface area contributed by atoms with Crippen molar-refractivity contribution in [2.75, 3.05) is 33.4 Å². The summed E-state index contributed by atoms with van der Waals surface area (Å²) in [6.07, 6.45) is 3.76. The van der Waals surface area contributed by atoms with E-state index in [-0.39, 0.29) is 18.4 Å². The van der Waals surface area contributed by atoms with Crippen LogP contribution in [-0.4, -0.2) is 59.9 Å². The number of aromatic nitrogens is 1. The maximum absolute atomic E-state index is 13.6. The van der Waals surface area contributed by atoms with E-state index in [1.165, 1.54) is 10.9 Å². The van der Waals surface area contributed by atoms with Crippen molar-refractivity contribution in [3.8, 4) is 0 Å². The van der Waals surface area contributed by atoms with E-state index in [9.17, 15) is 9.59 Å². The highest BCUT2D eigenvalue weighted by Crippen LogP contribution is 2.19. The number of H-pyrrole nitrogens is 1. The average Bonchev–Trinajstić information content (AvgIpc) is 3.56. The van der Waals surface area contributed by atoms with Crippen LogP contribution in [0.2, 0.25) is 0 Å². The molecule has 0 saturated carbocycles. The number of hydrogen-bond donors (Lipinski definition) is 1. The summed E-state index contributed by atoms with van der Waals surface area (Å²) in [4.78, 5) is 34.6. The molecule has 0 atom stereocenters. The number of carbonyl (C=O) groups is 2.